The molecule has 11 heavy (non-hydrogen) atoms. The summed E-state index contributed by atoms with van der Waals surface area (Å²) in [7, 11) is 0. The van der Waals surface area contributed by atoms with Crippen LogP contribution in [0.5, 0.6) is 0 Å². The first-order valence-corrected chi connectivity index (χ1v) is 4.07. The Morgan fingerprint density at radius 3 is 2.64 bits per heavy atom. The van der Waals surface area contributed by atoms with E-state index in [9.17, 15) is 4.79 Å². The summed E-state index contributed by atoms with van der Waals surface area (Å²) in [6, 6.07) is 0. The maximum Gasteiger partial charge on any atom is 0.337 e. The Labute approximate surface area is 71.9 Å². The highest BCUT2D eigenvalue weighted by Crippen LogP contribution is 2.26. The number of carboxylic acid groups (broad SMARTS) is 1. The summed E-state index contributed by atoms with van der Waals surface area (Å²) in [4.78, 5) is 10.2. The van der Waals surface area contributed by atoms with Crippen LogP contribution in [-0.2, 0) is 4.79 Å². The molecule has 0 fully saturated rings. The Hall–Kier alpha value is -0.580. The van der Waals surface area contributed by atoms with E-state index in [1.165, 1.54) is 16.7 Å². The highest BCUT2D eigenvalue weighted by atomic mass is 35.5. The lowest BCUT2D eigenvalue weighted by Gasteiger charge is -2.01. The Morgan fingerprint density at radius 2 is 2.27 bits per heavy atom. The summed E-state index contributed by atoms with van der Waals surface area (Å²) in [5.41, 5.74) is 0.254. The van der Waals surface area contributed by atoms with E-state index in [1.54, 1.807) is 5.38 Å². The molecule has 1 unspecified atom stereocenters. The zero-order valence-corrected chi connectivity index (χ0v) is 6.89. The molecule has 1 aromatic rings. The second-order valence-corrected chi connectivity index (χ2v) is 3.07. The molecule has 2 N–H and O–H groups in total. The van der Waals surface area contributed by atoms with E-state index in [0.29, 0.717) is 5.02 Å². The molecule has 0 spiro atoms. The van der Waals surface area contributed by atoms with Crippen molar-refractivity contribution in [3.8, 4) is 0 Å². The van der Waals surface area contributed by atoms with Crippen LogP contribution < -0.4 is 0 Å². The Balaban J connectivity index is 2.92. The van der Waals surface area contributed by atoms with Crippen molar-refractivity contribution in [3.63, 3.8) is 0 Å². The normalized spacial score (nSPS) is 12.9. The summed E-state index contributed by atoms with van der Waals surface area (Å²) in [6.07, 6.45) is -1.51. The number of carbonyl (C=O) groups is 1. The van der Waals surface area contributed by atoms with Crippen LogP contribution >= 0.6 is 22.9 Å². The van der Waals surface area contributed by atoms with Crippen LogP contribution in [-0.4, -0.2) is 16.2 Å². The fourth-order valence-electron chi connectivity index (χ4n) is 0.619. The molecule has 0 aliphatic carbocycles. The molecule has 1 rings (SSSR count). The number of hydrogen-bond acceptors (Lipinski definition) is 3. The van der Waals surface area contributed by atoms with Crippen LogP contribution in [0.3, 0.4) is 0 Å². The highest BCUT2D eigenvalue weighted by molar-refractivity contribution is 7.08. The smallest absolute Gasteiger partial charge is 0.337 e. The summed E-state index contributed by atoms with van der Waals surface area (Å²) < 4.78 is 0. The first kappa shape index (κ1) is 8.52. The average Bonchev–Trinajstić information content (AvgIpc) is 2.33. The van der Waals surface area contributed by atoms with E-state index < -0.39 is 12.1 Å². The Morgan fingerprint density at radius 1 is 1.64 bits per heavy atom. The molecular formula is C6H5ClO3S. The van der Waals surface area contributed by atoms with Crippen LogP contribution in [0.25, 0.3) is 0 Å². The van der Waals surface area contributed by atoms with Gasteiger partial charge in [0.05, 0.1) is 5.02 Å². The van der Waals surface area contributed by atoms with Gasteiger partial charge in [-0.15, -0.1) is 0 Å². The minimum atomic E-state index is -1.51. The number of halogens is 1. The predicted molar refractivity (Wildman–Crippen MR) is 41.9 cm³/mol. The minimum Gasteiger partial charge on any atom is -0.479 e. The third kappa shape index (κ3) is 1.71. The van der Waals surface area contributed by atoms with Crippen molar-refractivity contribution in [2.24, 2.45) is 0 Å². The zero-order valence-electron chi connectivity index (χ0n) is 5.32. The van der Waals surface area contributed by atoms with Crippen molar-refractivity contribution in [1.29, 1.82) is 0 Å². The molecule has 3 nitrogen and oxygen atoms in total. The molecule has 5 heteroatoms. The predicted octanol–water partition coefficient (Wildman–Crippen LogP) is 1.52. The second-order valence-electron chi connectivity index (χ2n) is 1.92. The molecule has 1 aromatic heterocycles. The third-order valence-electron chi connectivity index (χ3n) is 1.17. The first-order chi connectivity index (χ1) is 5.13. The van der Waals surface area contributed by atoms with E-state index in [1.807, 2.05) is 0 Å². The van der Waals surface area contributed by atoms with Crippen molar-refractivity contribution < 1.29 is 15.0 Å². The fraction of sp³-hybridized carbons (Fsp3) is 0.167. The lowest BCUT2D eigenvalue weighted by atomic mass is 10.2. The largest absolute Gasteiger partial charge is 0.479 e. The van der Waals surface area contributed by atoms with Crippen LogP contribution in [0.15, 0.2) is 10.8 Å². The summed E-state index contributed by atoms with van der Waals surface area (Å²) in [6.45, 7) is 0. The van der Waals surface area contributed by atoms with Gasteiger partial charge in [0.25, 0.3) is 0 Å². The molecule has 0 aromatic carbocycles. The molecule has 0 bridgehead atoms. The van der Waals surface area contributed by atoms with Gasteiger partial charge in [0.15, 0.2) is 6.10 Å². The van der Waals surface area contributed by atoms with Gasteiger partial charge < -0.3 is 10.2 Å². The van der Waals surface area contributed by atoms with Gasteiger partial charge >= 0.3 is 5.97 Å². The molecule has 1 heterocycles. The monoisotopic (exact) mass is 192 g/mol. The number of aliphatic hydroxyl groups excluding tert-OH is 1. The lowest BCUT2D eigenvalue weighted by Crippen LogP contribution is -2.09. The third-order valence-corrected chi connectivity index (χ3v) is 2.39. The van der Waals surface area contributed by atoms with Gasteiger partial charge in [0.1, 0.15) is 0 Å². The minimum absolute atomic E-state index is 0.254. The molecule has 0 saturated carbocycles. The van der Waals surface area contributed by atoms with Gasteiger partial charge in [-0.3, -0.25) is 0 Å². The summed E-state index contributed by atoms with van der Waals surface area (Å²) in [5.74, 6) is -1.29. The van der Waals surface area contributed by atoms with Crippen LogP contribution in [0.2, 0.25) is 5.02 Å². The van der Waals surface area contributed by atoms with E-state index in [4.69, 9.17) is 21.8 Å². The van der Waals surface area contributed by atoms with Crippen molar-refractivity contribution in [1.82, 2.24) is 0 Å². The Bertz CT molecular complexity index is 271. The molecule has 1 atom stereocenters. The number of rotatable bonds is 2. The van der Waals surface area contributed by atoms with Gasteiger partial charge in [-0.1, -0.05) is 11.6 Å². The van der Waals surface area contributed by atoms with E-state index in [-0.39, 0.29) is 5.56 Å². The van der Waals surface area contributed by atoms with Gasteiger partial charge in [-0.25, -0.2) is 4.79 Å². The molecule has 0 aliphatic rings. The van der Waals surface area contributed by atoms with Crippen LogP contribution in [0.4, 0.5) is 0 Å². The summed E-state index contributed by atoms with van der Waals surface area (Å²) in [5, 5.41) is 20.7. The number of carboxylic acids is 1. The SMILES string of the molecule is O=C(O)C(O)c1cscc1Cl. The molecule has 0 amide bonds. The quantitative estimate of drug-likeness (QED) is 0.747. The zero-order chi connectivity index (χ0) is 8.43. The second kappa shape index (κ2) is 3.21. The summed E-state index contributed by atoms with van der Waals surface area (Å²) >= 11 is 6.82. The number of hydrogen-bond donors (Lipinski definition) is 2. The van der Waals surface area contributed by atoms with Gasteiger partial charge in [-0.2, -0.15) is 11.3 Å². The van der Waals surface area contributed by atoms with E-state index >= 15 is 0 Å². The maximum atomic E-state index is 10.2. The standard InChI is InChI=1S/C6H5ClO3S/c7-4-2-11-1-3(4)5(8)6(9)10/h1-2,5,8H,(H,9,10). The molecule has 0 saturated heterocycles. The van der Waals surface area contributed by atoms with Gasteiger partial charge in [0.2, 0.25) is 0 Å². The molecule has 0 aliphatic heterocycles. The van der Waals surface area contributed by atoms with Crippen molar-refractivity contribution in [2.75, 3.05) is 0 Å². The van der Waals surface area contributed by atoms with E-state index in [2.05, 4.69) is 0 Å². The fourth-order valence-corrected chi connectivity index (χ4v) is 1.72. The van der Waals surface area contributed by atoms with Crippen LogP contribution in [0.1, 0.15) is 11.7 Å². The van der Waals surface area contributed by atoms with E-state index in [0.717, 1.165) is 0 Å². The van der Waals surface area contributed by atoms with Gasteiger partial charge in [0, 0.05) is 10.9 Å². The van der Waals surface area contributed by atoms with Crippen molar-refractivity contribution in [3.05, 3.63) is 21.3 Å². The number of aliphatic carboxylic acids is 1. The molecular weight excluding hydrogens is 188 g/mol. The molecule has 60 valence electrons. The number of aliphatic hydroxyl groups is 1. The van der Waals surface area contributed by atoms with Crippen molar-refractivity contribution in [2.45, 2.75) is 6.10 Å². The first-order valence-electron chi connectivity index (χ1n) is 2.75. The maximum absolute atomic E-state index is 10.2. The lowest BCUT2D eigenvalue weighted by molar-refractivity contribution is -0.146. The topological polar surface area (TPSA) is 57.5 Å². The number of thiophene rings is 1. The Kier molecular flexibility index (Phi) is 2.49. The van der Waals surface area contributed by atoms with Crippen LogP contribution in [0, 0.1) is 0 Å². The highest BCUT2D eigenvalue weighted by Gasteiger charge is 2.19. The van der Waals surface area contributed by atoms with Gasteiger partial charge in [-0.05, 0) is 5.38 Å². The van der Waals surface area contributed by atoms with Crippen molar-refractivity contribution >= 4 is 28.9 Å². The average molecular weight is 193 g/mol. The molecule has 0 radical (unpaired) electrons.